The molecule has 0 spiro atoms. The van der Waals surface area contributed by atoms with E-state index in [0.717, 1.165) is 36.6 Å². The molecular formula is C16H22N4OS. The molecule has 5 nitrogen and oxygen atoms in total. The predicted molar refractivity (Wildman–Crippen MR) is 87.0 cm³/mol. The van der Waals surface area contributed by atoms with E-state index >= 15 is 0 Å². The van der Waals surface area contributed by atoms with Crippen LogP contribution in [0.2, 0.25) is 0 Å². The van der Waals surface area contributed by atoms with Crippen LogP contribution in [0.4, 0.5) is 0 Å². The monoisotopic (exact) mass is 318 g/mol. The Morgan fingerprint density at radius 1 is 1.50 bits per heavy atom. The highest BCUT2D eigenvalue weighted by Gasteiger charge is 2.26. The van der Waals surface area contributed by atoms with Crippen molar-refractivity contribution in [1.29, 1.82) is 0 Å². The first-order chi connectivity index (χ1) is 10.6. The van der Waals surface area contributed by atoms with E-state index in [1.807, 2.05) is 33.4 Å². The fourth-order valence-corrected chi connectivity index (χ4v) is 3.64. The average molecular weight is 318 g/mol. The van der Waals surface area contributed by atoms with Crippen LogP contribution in [-0.4, -0.2) is 38.7 Å². The quantitative estimate of drug-likeness (QED) is 0.871. The maximum Gasteiger partial charge on any atom is 0.228 e. The zero-order chi connectivity index (χ0) is 15.5. The number of likely N-dealkylation sites (tertiary alicyclic amines) is 1. The minimum absolute atomic E-state index is 0.176. The molecule has 22 heavy (non-hydrogen) atoms. The van der Waals surface area contributed by atoms with Gasteiger partial charge in [0.15, 0.2) is 0 Å². The molecule has 6 heteroatoms. The molecule has 3 heterocycles. The van der Waals surface area contributed by atoms with Crippen molar-refractivity contribution in [2.75, 3.05) is 13.1 Å². The molecule has 1 aliphatic heterocycles. The lowest BCUT2D eigenvalue weighted by atomic mass is 9.98. The molecule has 3 rings (SSSR count). The first-order valence-corrected chi connectivity index (χ1v) is 8.72. The Labute approximate surface area is 135 Å². The van der Waals surface area contributed by atoms with Crippen LogP contribution in [0.5, 0.6) is 0 Å². The fraction of sp³-hybridized carbons (Fsp3) is 0.562. The van der Waals surface area contributed by atoms with Gasteiger partial charge in [-0.25, -0.2) is 4.98 Å². The van der Waals surface area contributed by atoms with Crippen LogP contribution in [0.1, 0.15) is 49.4 Å². The Kier molecular flexibility index (Phi) is 4.57. The highest BCUT2D eigenvalue weighted by molar-refractivity contribution is 7.09. The Bertz CT molecular complexity index is 620. The number of aromatic nitrogens is 3. The lowest BCUT2D eigenvalue weighted by molar-refractivity contribution is -0.131. The molecule has 0 saturated carbocycles. The molecule has 0 bridgehead atoms. The molecule has 2 aromatic heterocycles. The third-order valence-corrected chi connectivity index (χ3v) is 5.04. The van der Waals surface area contributed by atoms with E-state index in [0.29, 0.717) is 18.4 Å². The van der Waals surface area contributed by atoms with Crippen molar-refractivity contribution in [2.45, 2.75) is 45.1 Å². The summed E-state index contributed by atoms with van der Waals surface area (Å²) in [5, 5.41) is 7.64. The number of thiazole rings is 1. The summed E-state index contributed by atoms with van der Waals surface area (Å²) >= 11 is 1.69. The van der Waals surface area contributed by atoms with Gasteiger partial charge in [-0.1, -0.05) is 0 Å². The van der Waals surface area contributed by atoms with E-state index in [-0.39, 0.29) is 5.91 Å². The summed E-state index contributed by atoms with van der Waals surface area (Å²) in [6.07, 6.45) is 6.36. The molecule has 1 amide bonds. The molecule has 2 aromatic rings. The number of carbonyl (C=O) groups is 1. The Balaban J connectivity index is 1.61. The first kappa shape index (κ1) is 15.2. The summed E-state index contributed by atoms with van der Waals surface area (Å²) in [5.74, 6) is 0.571. The maximum atomic E-state index is 12.5. The maximum absolute atomic E-state index is 12.5. The summed E-state index contributed by atoms with van der Waals surface area (Å²) in [5.41, 5.74) is 0.857. The summed E-state index contributed by atoms with van der Waals surface area (Å²) in [6.45, 7) is 5.81. The molecule has 1 atom stereocenters. The number of hydrogen-bond acceptors (Lipinski definition) is 4. The topological polar surface area (TPSA) is 51.0 Å². The van der Waals surface area contributed by atoms with Gasteiger partial charge in [-0.15, -0.1) is 11.3 Å². The smallest absolute Gasteiger partial charge is 0.228 e. The zero-order valence-corrected chi connectivity index (χ0v) is 13.9. The van der Waals surface area contributed by atoms with Gasteiger partial charge in [-0.3, -0.25) is 9.48 Å². The van der Waals surface area contributed by atoms with Crippen molar-refractivity contribution >= 4 is 17.2 Å². The van der Waals surface area contributed by atoms with Crippen molar-refractivity contribution in [1.82, 2.24) is 19.7 Å². The first-order valence-electron chi connectivity index (χ1n) is 7.84. The van der Waals surface area contributed by atoms with E-state index in [4.69, 9.17) is 0 Å². The third-order valence-electron chi connectivity index (χ3n) is 4.10. The molecule has 0 N–H and O–H groups in total. The van der Waals surface area contributed by atoms with Gasteiger partial charge in [0.05, 0.1) is 17.1 Å². The lowest BCUT2D eigenvalue weighted by Crippen LogP contribution is -2.40. The second kappa shape index (κ2) is 6.60. The van der Waals surface area contributed by atoms with E-state index in [1.165, 1.54) is 0 Å². The van der Waals surface area contributed by atoms with Gasteiger partial charge >= 0.3 is 0 Å². The van der Waals surface area contributed by atoms with Gasteiger partial charge < -0.3 is 4.90 Å². The molecule has 0 radical (unpaired) electrons. The van der Waals surface area contributed by atoms with Crippen LogP contribution < -0.4 is 0 Å². The Morgan fingerprint density at radius 3 is 3.05 bits per heavy atom. The third kappa shape index (κ3) is 3.38. The van der Waals surface area contributed by atoms with Crippen LogP contribution in [0.15, 0.2) is 23.8 Å². The summed E-state index contributed by atoms with van der Waals surface area (Å²) < 4.78 is 1.90. The number of piperidine rings is 1. The van der Waals surface area contributed by atoms with Crippen LogP contribution in [0.3, 0.4) is 0 Å². The van der Waals surface area contributed by atoms with Gasteiger partial charge in [0.25, 0.3) is 0 Å². The normalized spacial score (nSPS) is 18.9. The predicted octanol–water partition coefficient (Wildman–Crippen LogP) is 2.87. The molecule has 1 aliphatic rings. The average Bonchev–Trinajstić information content (AvgIpc) is 3.19. The minimum atomic E-state index is 0.176. The highest BCUT2D eigenvalue weighted by Crippen LogP contribution is 2.28. The Morgan fingerprint density at radius 2 is 2.36 bits per heavy atom. The molecular weight excluding hydrogens is 296 g/mol. The highest BCUT2D eigenvalue weighted by atomic mass is 32.1. The molecule has 1 saturated heterocycles. The second-order valence-corrected chi connectivity index (χ2v) is 7.03. The van der Waals surface area contributed by atoms with Crippen molar-refractivity contribution in [3.63, 3.8) is 0 Å². The van der Waals surface area contributed by atoms with Gasteiger partial charge in [-0.2, -0.15) is 5.10 Å². The molecule has 0 unspecified atom stereocenters. The summed E-state index contributed by atoms with van der Waals surface area (Å²) in [7, 11) is 0. The minimum Gasteiger partial charge on any atom is -0.342 e. The fourth-order valence-electron chi connectivity index (χ4n) is 2.87. The SMILES string of the molecule is CC(C)n1ccc(CC(=O)N2CCC[C@@H](c3nccs3)C2)n1. The zero-order valence-electron chi connectivity index (χ0n) is 13.1. The van der Waals surface area contributed by atoms with Crippen molar-refractivity contribution < 1.29 is 4.79 Å². The van der Waals surface area contributed by atoms with Crippen LogP contribution in [0.25, 0.3) is 0 Å². The van der Waals surface area contributed by atoms with E-state index in [2.05, 4.69) is 23.9 Å². The van der Waals surface area contributed by atoms with Gasteiger partial charge in [0.2, 0.25) is 5.91 Å². The standard InChI is InChI=1S/C16H22N4OS/c1-12(2)20-8-5-14(18-20)10-15(21)19-7-3-4-13(11-19)16-17-6-9-22-16/h5-6,8-9,12-13H,3-4,7,10-11H2,1-2H3/t13-/m1/s1. The second-order valence-electron chi connectivity index (χ2n) is 6.11. The largest absolute Gasteiger partial charge is 0.342 e. The van der Waals surface area contributed by atoms with Crippen molar-refractivity contribution in [2.24, 2.45) is 0 Å². The van der Waals surface area contributed by atoms with E-state index < -0.39 is 0 Å². The van der Waals surface area contributed by atoms with E-state index in [9.17, 15) is 4.79 Å². The molecule has 0 aromatic carbocycles. The van der Waals surface area contributed by atoms with Crippen LogP contribution >= 0.6 is 11.3 Å². The molecule has 0 aliphatic carbocycles. The van der Waals surface area contributed by atoms with Crippen molar-refractivity contribution in [3.8, 4) is 0 Å². The number of rotatable bonds is 4. The van der Waals surface area contributed by atoms with Gasteiger partial charge in [-0.05, 0) is 32.8 Å². The van der Waals surface area contributed by atoms with E-state index in [1.54, 1.807) is 11.3 Å². The molecule has 1 fully saturated rings. The number of amides is 1. The number of nitrogens with zero attached hydrogens (tertiary/aromatic N) is 4. The van der Waals surface area contributed by atoms with Crippen molar-refractivity contribution in [3.05, 3.63) is 34.5 Å². The summed E-state index contributed by atoms with van der Waals surface area (Å²) in [6, 6.07) is 2.27. The number of hydrogen-bond donors (Lipinski definition) is 0. The lowest BCUT2D eigenvalue weighted by Gasteiger charge is -2.31. The summed E-state index contributed by atoms with van der Waals surface area (Å²) in [4.78, 5) is 18.9. The Hall–Kier alpha value is -1.69. The van der Waals surface area contributed by atoms with Gasteiger partial charge in [0.1, 0.15) is 0 Å². The van der Waals surface area contributed by atoms with Crippen LogP contribution in [0, 0.1) is 0 Å². The molecule has 118 valence electrons. The van der Waals surface area contributed by atoms with Gasteiger partial charge in [0, 0.05) is 42.8 Å². The number of carbonyl (C=O) groups excluding carboxylic acids is 1. The van der Waals surface area contributed by atoms with Crippen LogP contribution in [-0.2, 0) is 11.2 Å².